The maximum absolute atomic E-state index is 14.6. The standard InChI is InChI=1S/C32H26F3NO3/c1-3-17-31-24(20-13-8-5-9-14-20)23(19-11-6-4-7-12-19)30(2,29(31)39)25-26(31)28(38)36(27(25)37)22-16-10-15-21(18-22)32(33,34)35/h4-16,18,25-26H,3,17H2,1-2H3. The van der Waals surface area contributed by atoms with Crippen molar-refractivity contribution in [2.45, 2.75) is 32.9 Å². The van der Waals surface area contributed by atoms with Crippen LogP contribution in [0.25, 0.3) is 11.1 Å². The van der Waals surface area contributed by atoms with Crippen molar-refractivity contribution in [2.75, 3.05) is 4.90 Å². The van der Waals surface area contributed by atoms with E-state index in [1.54, 1.807) is 6.92 Å². The van der Waals surface area contributed by atoms with Crippen molar-refractivity contribution in [3.05, 3.63) is 102 Å². The van der Waals surface area contributed by atoms with Gasteiger partial charge in [-0.05, 0) is 53.8 Å². The first-order valence-corrected chi connectivity index (χ1v) is 13.0. The third kappa shape index (κ3) is 3.22. The normalized spacial score (nSPS) is 28.0. The molecule has 2 amide bonds. The third-order valence-electron chi connectivity index (χ3n) is 8.75. The first-order chi connectivity index (χ1) is 18.6. The van der Waals surface area contributed by atoms with Crippen LogP contribution in [0.5, 0.6) is 0 Å². The van der Waals surface area contributed by atoms with Gasteiger partial charge in [0.05, 0.1) is 33.9 Å². The Balaban J connectivity index is 1.62. The molecule has 2 bridgehead atoms. The van der Waals surface area contributed by atoms with Crippen molar-refractivity contribution >= 4 is 34.4 Å². The largest absolute Gasteiger partial charge is 0.416 e. The molecule has 198 valence electrons. The molecular weight excluding hydrogens is 503 g/mol. The van der Waals surface area contributed by atoms with Gasteiger partial charge in [0.1, 0.15) is 0 Å². The maximum Gasteiger partial charge on any atom is 0.416 e. The van der Waals surface area contributed by atoms with Crippen molar-refractivity contribution in [3.8, 4) is 0 Å². The molecule has 1 heterocycles. The van der Waals surface area contributed by atoms with Crippen LogP contribution in [0.15, 0.2) is 84.9 Å². The van der Waals surface area contributed by atoms with Gasteiger partial charge in [-0.2, -0.15) is 13.2 Å². The van der Waals surface area contributed by atoms with Crippen molar-refractivity contribution in [1.82, 2.24) is 0 Å². The van der Waals surface area contributed by atoms with Gasteiger partial charge in [-0.1, -0.05) is 80.1 Å². The van der Waals surface area contributed by atoms with Gasteiger partial charge in [0.15, 0.2) is 5.78 Å². The van der Waals surface area contributed by atoms with E-state index in [1.165, 1.54) is 12.1 Å². The summed E-state index contributed by atoms with van der Waals surface area (Å²) in [4.78, 5) is 43.8. The fourth-order valence-corrected chi connectivity index (χ4v) is 7.43. The van der Waals surface area contributed by atoms with Crippen LogP contribution in [0.3, 0.4) is 0 Å². The number of Topliss-reactive ketones (excluding diaryl/α,β-unsaturated/α-hetero) is 1. The van der Waals surface area contributed by atoms with Gasteiger partial charge in [-0.25, -0.2) is 4.90 Å². The van der Waals surface area contributed by atoms with E-state index in [0.717, 1.165) is 39.3 Å². The number of nitrogens with zero attached hydrogens (tertiary/aromatic N) is 1. The number of imide groups is 1. The smallest absolute Gasteiger partial charge is 0.298 e. The van der Waals surface area contributed by atoms with Crippen LogP contribution in [-0.4, -0.2) is 17.6 Å². The predicted molar refractivity (Wildman–Crippen MR) is 141 cm³/mol. The van der Waals surface area contributed by atoms with E-state index in [2.05, 4.69) is 0 Å². The number of halogens is 3. The minimum absolute atomic E-state index is 0.126. The number of amides is 2. The fraction of sp³-hybridized carbons (Fsp3) is 0.281. The predicted octanol–water partition coefficient (Wildman–Crippen LogP) is 6.81. The summed E-state index contributed by atoms with van der Waals surface area (Å²) in [6, 6.07) is 23.1. The second kappa shape index (κ2) is 8.50. The monoisotopic (exact) mass is 529 g/mol. The average molecular weight is 530 g/mol. The van der Waals surface area contributed by atoms with Crippen molar-refractivity contribution < 1.29 is 27.6 Å². The summed E-state index contributed by atoms with van der Waals surface area (Å²) >= 11 is 0. The Bertz CT molecular complexity index is 1550. The Kier molecular flexibility index (Phi) is 5.51. The average Bonchev–Trinajstić information content (AvgIpc) is 3.39. The Morgan fingerprint density at radius 3 is 1.90 bits per heavy atom. The van der Waals surface area contributed by atoms with E-state index in [-0.39, 0.29) is 11.5 Å². The number of benzene rings is 3. The van der Waals surface area contributed by atoms with E-state index in [0.29, 0.717) is 12.8 Å². The van der Waals surface area contributed by atoms with Crippen LogP contribution in [0.1, 0.15) is 43.4 Å². The van der Waals surface area contributed by atoms with E-state index < -0.39 is 46.2 Å². The summed E-state index contributed by atoms with van der Waals surface area (Å²) in [5, 5.41) is 0. The zero-order valence-electron chi connectivity index (χ0n) is 21.5. The minimum Gasteiger partial charge on any atom is -0.298 e. The Hall–Kier alpha value is -4.00. The molecule has 6 rings (SSSR count). The van der Waals surface area contributed by atoms with Crippen molar-refractivity contribution in [2.24, 2.45) is 22.7 Å². The molecule has 39 heavy (non-hydrogen) atoms. The molecule has 4 unspecified atom stereocenters. The number of carbonyl (C=O) groups is 3. The Morgan fingerprint density at radius 1 is 0.769 bits per heavy atom. The van der Waals surface area contributed by atoms with Gasteiger partial charge < -0.3 is 0 Å². The second-order valence-corrected chi connectivity index (χ2v) is 10.8. The molecule has 3 aromatic rings. The third-order valence-corrected chi connectivity index (χ3v) is 8.75. The molecule has 1 aliphatic heterocycles. The topological polar surface area (TPSA) is 54.5 Å². The summed E-state index contributed by atoms with van der Waals surface area (Å²) < 4.78 is 40.6. The molecule has 2 aliphatic carbocycles. The number of fused-ring (bicyclic) bond motifs is 5. The second-order valence-electron chi connectivity index (χ2n) is 10.8. The van der Waals surface area contributed by atoms with Crippen LogP contribution in [0, 0.1) is 22.7 Å². The van der Waals surface area contributed by atoms with Gasteiger partial charge in [0.25, 0.3) is 0 Å². The molecule has 4 atom stereocenters. The SMILES string of the molecule is CCCC12C(=O)C(C)(C(c3ccccc3)=C1c1ccccc1)C1C(=O)N(c3cccc(C(F)(F)F)c3)C(=O)C12. The molecular formula is C32H26F3NO3. The van der Waals surface area contributed by atoms with Gasteiger partial charge in [-0.3, -0.25) is 14.4 Å². The molecule has 0 N–H and O–H groups in total. The number of carbonyl (C=O) groups excluding carboxylic acids is 3. The minimum atomic E-state index is -4.63. The van der Waals surface area contributed by atoms with Crippen molar-refractivity contribution in [3.63, 3.8) is 0 Å². The molecule has 7 heteroatoms. The zero-order chi connectivity index (χ0) is 27.7. The molecule has 3 aliphatic rings. The summed E-state index contributed by atoms with van der Waals surface area (Å²) in [5.74, 6) is -3.41. The molecule has 0 radical (unpaired) electrons. The first-order valence-electron chi connectivity index (χ1n) is 13.0. The quantitative estimate of drug-likeness (QED) is 0.341. The highest BCUT2D eigenvalue weighted by Gasteiger charge is 2.80. The zero-order valence-corrected chi connectivity index (χ0v) is 21.5. The number of allylic oxidation sites excluding steroid dienone is 2. The molecule has 4 nitrogen and oxygen atoms in total. The Labute approximate surface area is 224 Å². The van der Waals surface area contributed by atoms with E-state index in [9.17, 15) is 27.6 Å². The van der Waals surface area contributed by atoms with Crippen LogP contribution >= 0.6 is 0 Å². The summed E-state index contributed by atoms with van der Waals surface area (Å²) in [6.45, 7) is 3.67. The summed E-state index contributed by atoms with van der Waals surface area (Å²) in [5.41, 5.74) is -0.602. The van der Waals surface area contributed by atoms with E-state index >= 15 is 0 Å². The highest BCUT2D eigenvalue weighted by atomic mass is 19.4. The highest BCUT2D eigenvalue weighted by molar-refractivity contribution is 6.34. The lowest BCUT2D eigenvalue weighted by atomic mass is 9.61. The highest BCUT2D eigenvalue weighted by Crippen LogP contribution is 2.75. The maximum atomic E-state index is 14.6. The van der Waals surface area contributed by atoms with E-state index in [4.69, 9.17) is 0 Å². The summed E-state index contributed by atoms with van der Waals surface area (Å²) in [7, 11) is 0. The van der Waals surface area contributed by atoms with Gasteiger partial charge >= 0.3 is 6.18 Å². The molecule has 1 saturated carbocycles. The lowest BCUT2D eigenvalue weighted by Crippen LogP contribution is -2.41. The lowest BCUT2D eigenvalue weighted by molar-refractivity contribution is -0.137. The fourth-order valence-electron chi connectivity index (χ4n) is 7.43. The molecule has 0 spiro atoms. The molecule has 2 fully saturated rings. The van der Waals surface area contributed by atoms with Gasteiger partial charge in [0.2, 0.25) is 11.8 Å². The first kappa shape index (κ1) is 25.3. The Morgan fingerprint density at radius 2 is 1.33 bits per heavy atom. The van der Waals surface area contributed by atoms with Crippen LogP contribution in [-0.2, 0) is 20.6 Å². The lowest BCUT2D eigenvalue weighted by Gasteiger charge is -2.37. The number of rotatable bonds is 5. The van der Waals surface area contributed by atoms with E-state index in [1.807, 2.05) is 67.6 Å². The number of hydrogen-bond acceptors (Lipinski definition) is 3. The number of ketones is 1. The van der Waals surface area contributed by atoms with Crippen LogP contribution < -0.4 is 4.90 Å². The molecule has 1 saturated heterocycles. The molecule has 0 aromatic heterocycles. The number of hydrogen-bond donors (Lipinski definition) is 0. The van der Waals surface area contributed by atoms with Gasteiger partial charge in [0, 0.05) is 0 Å². The number of anilines is 1. The van der Waals surface area contributed by atoms with Crippen LogP contribution in [0.4, 0.5) is 18.9 Å². The molecule has 3 aromatic carbocycles. The van der Waals surface area contributed by atoms with Crippen LogP contribution in [0.2, 0.25) is 0 Å². The van der Waals surface area contributed by atoms with Gasteiger partial charge in [-0.15, -0.1) is 0 Å². The summed E-state index contributed by atoms with van der Waals surface area (Å²) in [6.07, 6.45) is -3.71. The number of alkyl halides is 3. The van der Waals surface area contributed by atoms with Crippen molar-refractivity contribution in [1.29, 1.82) is 0 Å².